The van der Waals surface area contributed by atoms with Crippen molar-refractivity contribution in [1.29, 1.82) is 0 Å². The summed E-state index contributed by atoms with van der Waals surface area (Å²) in [4.78, 5) is 4.34. The normalized spacial score (nSPS) is 18.5. The van der Waals surface area contributed by atoms with Gasteiger partial charge in [0.05, 0.1) is 6.54 Å². The first-order chi connectivity index (χ1) is 9.31. The van der Waals surface area contributed by atoms with Gasteiger partial charge in [0.25, 0.3) is 0 Å². The molecule has 3 rings (SSSR count). The fourth-order valence-electron chi connectivity index (χ4n) is 2.98. The van der Waals surface area contributed by atoms with Gasteiger partial charge in [-0.1, -0.05) is 0 Å². The highest BCUT2D eigenvalue weighted by molar-refractivity contribution is 5.30. The number of nitrogens with one attached hydrogen (secondary N) is 1. The van der Waals surface area contributed by atoms with Gasteiger partial charge >= 0.3 is 0 Å². The van der Waals surface area contributed by atoms with Crippen LogP contribution in [0.25, 0.3) is 0 Å². The van der Waals surface area contributed by atoms with Crippen molar-refractivity contribution in [1.82, 2.24) is 24.6 Å². The van der Waals surface area contributed by atoms with Gasteiger partial charge in [-0.15, -0.1) is 0 Å². The molecule has 2 aromatic rings. The van der Waals surface area contributed by atoms with Crippen molar-refractivity contribution in [2.75, 3.05) is 7.05 Å². The molecule has 2 aromatic heterocycles. The maximum absolute atomic E-state index is 4.34. The predicted octanol–water partition coefficient (Wildman–Crippen LogP) is 1.74. The summed E-state index contributed by atoms with van der Waals surface area (Å²) in [5.41, 5.74) is 2.93. The molecule has 0 bridgehead atoms. The monoisotopic (exact) mass is 259 g/mol. The fourth-order valence-corrected chi connectivity index (χ4v) is 2.98. The van der Waals surface area contributed by atoms with E-state index in [9.17, 15) is 0 Å². The molecule has 1 atom stereocenters. The van der Waals surface area contributed by atoms with Crippen LogP contribution in [0.2, 0.25) is 0 Å². The molecule has 5 heteroatoms. The minimum atomic E-state index is 0.508. The van der Waals surface area contributed by atoms with Crippen LogP contribution in [-0.4, -0.2) is 26.4 Å². The topological polar surface area (TPSA) is 47.7 Å². The van der Waals surface area contributed by atoms with Crippen molar-refractivity contribution in [2.24, 2.45) is 0 Å². The smallest absolute Gasteiger partial charge is 0.146 e. The Kier molecular flexibility index (Phi) is 3.38. The summed E-state index contributed by atoms with van der Waals surface area (Å²) >= 11 is 0. The summed E-state index contributed by atoms with van der Waals surface area (Å²) in [6.45, 7) is 3.77. The number of hydrogen-bond donors (Lipinski definition) is 1. The second-order valence-corrected chi connectivity index (χ2v) is 5.14. The molecule has 1 aliphatic carbocycles. The summed E-state index contributed by atoms with van der Waals surface area (Å²) in [5.74, 6) is 1.02. The zero-order valence-electron chi connectivity index (χ0n) is 11.6. The number of rotatable bonds is 4. The van der Waals surface area contributed by atoms with E-state index in [4.69, 9.17) is 0 Å². The quantitative estimate of drug-likeness (QED) is 0.910. The third-order valence-electron chi connectivity index (χ3n) is 3.98. The minimum absolute atomic E-state index is 0.508. The highest BCUT2D eigenvalue weighted by atomic mass is 15.3. The van der Waals surface area contributed by atoms with Crippen molar-refractivity contribution in [3.63, 3.8) is 0 Å². The van der Waals surface area contributed by atoms with Gasteiger partial charge in [-0.2, -0.15) is 5.10 Å². The average molecular weight is 259 g/mol. The number of nitrogens with zero attached hydrogens (tertiary/aromatic N) is 4. The van der Waals surface area contributed by atoms with Crippen molar-refractivity contribution in [3.05, 3.63) is 35.7 Å². The third kappa shape index (κ3) is 2.30. The molecule has 5 nitrogen and oxygen atoms in total. The Bertz CT molecular complexity index is 554. The molecule has 0 saturated heterocycles. The molecule has 0 aromatic carbocycles. The Morgan fingerprint density at radius 3 is 3.11 bits per heavy atom. The van der Waals surface area contributed by atoms with Crippen molar-refractivity contribution in [2.45, 2.75) is 45.3 Å². The summed E-state index contributed by atoms with van der Waals surface area (Å²) in [5, 5.41) is 7.63. The standard InChI is InChI=1S/C14H21N5/c1-3-19-14(16-10-17-19)9-18-7-11-5-4-6-13(15-2)12(11)8-18/h7-8,10,13,15H,3-6,9H2,1-2H3. The first kappa shape index (κ1) is 12.4. The molecule has 0 spiro atoms. The SMILES string of the molecule is CCn1ncnc1Cn1cc2c(c1)C(NC)CCC2. The van der Waals surface area contributed by atoms with E-state index in [0.717, 1.165) is 18.9 Å². The van der Waals surface area contributed by atoms with Crippen LogP contribution < -0.4 is 5.32 Å². The van der Waals surface area contributed by atoms with Crippen LogP contribution in [0.3, 0.4) is 0 Å². The molecule has 1 unspecified atom stereocenters. The Morgan fingerprint density at radius 1 is 1.42 bits per heavy atom. The van der Waals surface area contributed by atoms with Gasteiger partial charge in [0.1, 0.15) is 12.2 Å². The van der Waals surface area contributed by atoms with Crippen LogP contribution in [0.4, 0.5) is 0 Å². The van der Waals surface area contributed by atoms with E-state index >= 15 is 0 Å². The molecule has 2 heterocycles. The highest BCUT2D eigenvalue weighted by Crippen LogP contribution is 2.30. The number of aryl methyl sites for hydroxylation is 2. The van der Waals surface area contributed by atoms with E-state index in [-0.39, 0.29) is 0 Å². The Balaban J connectivity index is 1.85. The largest absolute Gasteiger partial charge is 0.346 e. The predicted molar refractivity (Wildman–Crippen MR) is 74.0 cm³/mol. The lowest BCUT2D eigenvalue weighted by molar-refractivity contribution is 0.498. The van der Waals surface area contributed by atoms with Gasteiger partial charge in [-0.05, 0) is 44.4 Å². The fraction of sp³-hybridized carbons (Fsp3) is 0.571. The molecule has 19 heavy (non-hydrogen) atoms. The molecule has 0 fully saturated rings. The van der Waals surface area contributed by atoms with E-state index in [1.54, 1.807) is 6.33 Å². The highest BCUT2D eigenvalue weighted by Gasteiger charge is 2.20. The Hall–Kier alpha value is -1.62. The van der Waals surface area contributed by atoms with Crippen LogP contribution in [0, 0.1) is 0 Å². The Labute approximate surface area is 113 Å². The molecule has 0 radical (unpaired) electrons. The van der Waals surface area contributed by atoms with Crippen molar-refractivity contribution in [3.8, 4) is 0 Å². The van der Waals surface area contributed by atoms with Gasteiger partial charge in [-0.25, -0.2) is 9.67 Å². The maximum Gasteiger partial charge on any atom is 0.146 e. The van der Waals surface area contributed by atoms with E-state index in [1.807, 2.05) is 11.7 Å². The number of aromatic nitrogens is 4. The summed E-state index contributed by atoms with van der Waals surface area (Å²) in [6.07, 6.45) is 9.88. The molecular formula is C14H21N5. The van der Waals surface area contributed by atoms with E-state index < -0.39 is 0 Å². The van der Waals surface area contributed by atoms with Crippen LogP contribution in [0.1, 0.15) is 42.8 Å². The molecular weight excluding hydrogens is 238 g/mol. The zero-order valence-corrected chi connectivity index (χ0v) is 11.6. The van der Waals surface area contributed by atoms with Crippen molar-refractivity contribution >= 4 is 0 Å². The summed E-state index contributed by atoms with van der Waals surface area (Å²) < 4.78 is 4.20. The molecule has 0 amide bonds. The van der Waals surface area contributed by atoms with Gasteiger partial charge in [0, 0.05) is 25.0 Å². The van der Waals surface area contributed by atoms with Gasteiger partial charge in [0.15, 0.2) is 0 Å². The van der Waals surface area contributed by atoms with Crippen LogP contribution in [-0.2, 0) is 19.5 Å². The Morgan fingerprint density at radius 2 is 2.32 bits per heavy atom. The lowest BCUT2D eigenvalue weighted by atomic mass is 9.91. The average Bonchev–Trinajstić information content (AvgIpc) is 3.04. The maximum atomic E-state index is 4.34. The second-order valence-electron chi connectivity index (χ2n) is 5.14. The van der Waals surface area contributed by atoms with Gasteiger partial charge in [-0.3, -0.25) is 0 Å². The molecule has 1 N–H and O–H groups in total. The summed E-state index contributed by atoms with van der Waals surface area (Å²) in [6, 6.07) is 0.508. The van der Waals surface area contributed by atoms with E-state index in [0.29, 0.717) is 6.04 Å². The van der Waals surface area contributed by atoms with Gasteiger partial charge in [0.2, 0.25) is 0 Å². The minimum Gasteiger partial charge on any atom is -0.346 e. The molecule has 1 aliphatic rings. The molecule has 0 aliphatic heterocycles. The van der Waals surface area contributed by atoms with Crippen molar-refractivity contribution < 1.29 is 0 Å². The molecule has 0 saturated carbocycles. The zero-order chi connectivity index (χ0) is 13.2. The summed E-state index contributed by atoms with van der Waals surface area (Å²) in [7, 11) is 2.05. The van der Waals surface area contributed by atoms with Crippen LogP contribution in [0.15, 0.2) is 18.7 Å². The number of hydrogen-bond acceptors (Lipinski definition) is 3. The van der Waals surface area contributed by atoms with E-state index in [1.165, 1.54) is 30.4 Å². The first-order valence-electron chi connectivity index (χ1n) is 7.04. The number of fused-ring (bicyclic) bond motifs is 1. The first-order valence-corrected chi connectivity index (χ1v) is 7.04. The second kappa shape index (κ2) is 5.17. The van der Waals surface area contributed by atoms with Crippen LogP contribution >= 0.6 is 0 Å². The third-order valence-corrected chi connectivity index (χ3v) is 3.98. The van der Waals surface area contributed by atoms with E-state index in [2.05, 4.69) is 39.3 Å². The van der Waals surface area contributed by atoms with Gasteiger partial charge < -0.3 is 9.88 Å². The lowest BCUT2D eigenvalue weighted by Crippen LogP contribution is -2.20. The van der Waals surface area contributed by atoms with Crippen LogP contribution in [0.5, 0.6) is 0 Å². The molecule has 102 valence electrons. The lowest BCUT2D eigenvalue weighted by Gasteiger charge is -2.21.